The Balaban J connectivity index is 2.37. The molecule has 5 heteroatoms. The SMILES string of the molecule is O=C1C=CC(c2ccccc2OC(F)F)=N1. The van der Waals surface area contributed by atoms with Crippen LogP contribution in [-0.4, -0.2) is 18.2 Å². The van der Waals surface area contributed by atoms with Crippen molar-refractivity contribution in [3.63, 3.8) is 0 Å². The minimum Gasteiger partial charge on any atom is -0.434 e. The van der Waals surface area contributed by atoms with Gasteiger partial charge in [0.2, 0.25) is 0 Å². The van der Waals surface area contributed by atoms with Crippen molar-refractivity contribution in [3.8, 4) is 5.75 Å². The van der Waals surface area contributed by atoms with Crippen LogP contribution in [0.5, 0.6) is 5.75 Å². The molecule has 0 atom stereocenters. The van der Waals surface area contributed by atoms with Gasteiger partial charge in [-0.15, -0.1) is 0 Å². The third kappa shape index (κ3) is 2.13. The van der Waals surface area contributed by atoms with Gasteiger partial charge in [-0.3, -0.25) is 4.79 Å². The van der Waals surface area contributed by atoms with E-state index in [9.17, 15) is 13.6 Å². The van der Waals surface area contributed by atoms with Crippen molar-refractivity contribution in [2.45, 2.75) is 6.61 Å². The van der Waals surface area contributed by atoms with E-state index in [1.165, 1.54) is 18.2 Å². The fourth-order valence-corrected chi connectivity index (χ4v) is 1.37. The van der Waals surface area contributed by atoms with Gasteiger partial charge in [-0.05, 0) is 18.2 Å². The number of carbonyl (C=O) groups is 1. The summed E-state index contributed by atoms with van der Waals surface area (Å²) in [5.41, 5.74) is 0.714. The molecule has 1 amide bonds. The fraction of sp³-hybridized carbons (Fsp3) is 0.0909. The number of benzene rings is 1. The lowest BCUT2D eigenvalue weighted by atomic mass is 10.1. The van der Waals surface area contributed by atoms with Crippen molar-refractivity contribution >= 4 is 11.6 Å². The van der Waals surface area contributed by atoms with Crippen molar-refractivity contribution < 1.29 is 18.3 Å². The van der Waals surface area contributed by atoms with Crippen LogP contribution in [-0.2, 0) is 4.79 Å². The molecule has 1 aliphatic rings. The third-order valence-corrected chi connectivity index (χ3v) is 1.99. The van der Waals surface area contributed by atoms with Crippen molar-refractivity contribution in [1.82, 2.24) is 0 Å². The molecular formula is C11H7F2NO2. The summed E-state index contributed by atoms with van der Waals surface area (Å²) in [5, 5.41) is 0. The molecule has 1 aromatic rings. The smallest absolute Gasteiger partial charge is 0.387 e. The van der Waals surface area contributed by atoms with Gasteiger partial charge in [-0.1, -0.05) is 12.1 Å². The lowest BCUT2D eigenvalue weighted by Gasteiger charge is -2.08. The summed E-state index contributed by atoms with van der Waals surface area (Å²) in [5.74, 6) is -0.391. The van der Waals surface area contributed by atoms with Crippen LogP contribution >= 0.6 is 0 Å². The van der Waals surface area contributed by atoms with Gasteiger partial charge in [0.1, 0.15) is 5.75 Å². The topological polar surface area (TPSA) is 38.7 Å². The first-order valence-electron chi connectivity index (χ1n) is 4.52. The highest BCUT2D eigenvalue weighted by atomic mass is 19.3. The maximum atomic E-state index is 12.1. The fourth-order valence-electron chi connectivity index (χ4n) is 1.37. The predicted molar refractivity (Wildman–Crippen MR) is 53.8 cm³/mol. The number of carbonyl (C=O) groups excluding carboxylic acids is 1. The molecule has 0 saturated heterocycles. The minimum absolute atomic E-state index is 0.00981. The van der Waals surface area contributed by atoms with Crippen LogP contribution < -0.4 is 4.74 Å². The predicted octanol–water partition coefficient (Wildman–Crippen LogP) is 2.17. The van der Waals surface area contributed by atoms with Crippen LogP contribution in [0, 0.1) is 0 Å². The van der Waals surface area contributed by atoms with E-state index in [0.717, 1.165) is 0 Å². The summed E-state index contributed by atoms with van der Waals surface area (Å²) in [7, 11) is 0. The number of para-hydroxylation sites is 1. The number of ether oxygens (including phenoxy) is 1. The molecule has 0 aromatic heterocycles. The average Bonchev–Trinajstić information content (AvgIpc) is 2.65. The summed E-state index contributed by atoms with van der Waals surface area (Å²) >= 11 is 0. The Morgan fingerprint density at radius 1 is 1.19 bits per heavy atom. The van der Waals surface area contributed by atoms with E-state index in [1.54, 1.807) is 18.2 Å². The van der Waals surface area contributed by atoms with E-state index < -0.39 is 12.5 Å². The monoisotopic (exact) mass is 223 g/mol. The molecule has 0 saturated carbocycles. The number of alkyl halides is 2. The minimum atomic E-state index is -2.90. The van der Waals surface area contributed by atoms with E-state index in [1.807, 2.05) is 0 Å². The van der Waals surface area contributed by atoms with E-state index in [4.69, 9.17) is 0 Å². The number of allylic oxidation sites excluding steroid dienone is 1. The number of nitrogens with zero attached hydrogens (tertiary/aromatic N) is 1. The van der Waals surface area contributed by atoms with Crippen LogP contribution in [0.25, 0.3) is 0 Å². The van der Waals surface area contributed by atoms with E-state index >= 15 is 0 Å². The van der Waals surface area contributed by atoms with Crippen molar-refractivity contribution in [2.75, 3.05) is 0 Å². The van der Waals surface area contributed by atoms with Gasteiger partial charge in [0.15, 0.2) is 0 Å². The first kappa shape index (κ1) is 10.5. The Bertz CT molecular complexity index is 481. The molecule has 0 fully saturated rings. The quantitative estimate of drug-likeness (QED) is 0.787. The molecule has 0 aliphatic carbocycles. The molecule has 82 valence electrons. The number of amides is 1. The van der Waals surface area contributed by atoms with Crippen molar-refractivity contribution in [2.24, 2.45) is 4.99 Å². The molecule has 2 rings (SSSR count). The largest absolute Gasteiger partial charge is 0.434 e. The molecule has 1 aromatic carbocycles. The summed E-state index contributed by atoms with van der Waals surface area (Å²) in [6.07, 6.45) is 2.74. The van der Waals surface area contributed by atoms with Crippen LogP contribution in [0.3, 0.4) is 0 Å². The number of aliphatic imine (C=N–C) groups is 1. The highest BCUT2D eigenvalue weighted by Crippen LogP contribution is 2.22. The van der Waals surface area contributed by atoms with Gasteiger partial charge in [0.25, 0.3) is 5.91 Å². The molecular weight excluding hydrogens is 216 g/mol. The molecule has 0 N–H and O–H groups in total. The average molecular weight is 223 g/mol. The van der Waals surface area contributed by atoms with E-state index in [-0.39, 0.29) is 5.75 Å². The van der Waals surface area contributed by atoms with Crippen molar-refractivity contribution in [1.29, 1.82) is 0 Å². The van der Waals surface area contributed by atoms with Gasteiger partial charge in [-0.25, -0.2) is 4.99 Å². The van der Waals surface area contributed by atoms with Crippen LogP contribution in [0.2, 0.25) is 0 Å². The normalized spacial score (nSPS) is 14.4. The standard InChI is InChI=1S/C11H7F2NO2/c12-11(13)16-9-4-2-1-3-7(9)8-5-6-10(15)14-8/h1-6,11H. The first-order valence-corrected chi connectivity index (χ1v) is 4.52. The zero-order chi connectivity index (χ0) is 11.5. The van der Waals surface area contributed by atoms with Gasteiger partial charge in [0, 0.05) is 11.6 Å². The molecule has 0 spiro atoms. The molecule has 3 nitrogen and oxygen atoms in total. The molecule has 0 radical (unpaired) electrons. The Morgan fingerprint density at radius 2 is 1.94 bits per heavy atom. The van der Waals surface area contributed by atoms with Gasteiger partial charge in [0.05, 0.1) is 5.71 Å². The summed E-state index contributed by atoms with van der Waals surface area (Å²) < 4.78 is 28.6. The molecule has 16 heavy (non-hydrogen) atoms. The maximum Gasteiger partial charge on any atom is 0.387 e. The highest BCUT2D eigenvalue weighted by Gasteiger charge is 2.15. The van der Waals surface area contributed by atoms with Gasteiger partial charge < -0.3 is 4.74 Å². The second-order valence-electron chi connectivity index (χ2n) is 3.04. The lowest BCUT2D eigenvalue weighted by molar-refractivity contribution is -0.113. The number of halogens is 2. The highest BCUT2D eigenvalue weighted by molar-refractivity contribution is 6.21. The Labute approximate surface area is 90.1 Å². The molecule has 1 heterocycles. The summed E-state index contributed by atoms with van der Waals surface area (Å²) in [6, 6.07) is 6.20. The number of hydrogen-bond donors (Lipinski definition) is 0. The Kier molecular flexibility index (Phi) is 2.76. The second kappa shape index (κ2) is 4.22. The van der Waals surface area contributed by atoms with Crippen molar-refractivity contribution in [3.05, 3.63) is 42.0 Å². The number of hydrogen-bond acceptors (Lipinski definition) is 2. The Hall–Kier alpha value is -2.04. The molecule has 1 aliphatic heterocycles. The first-order chi connectivity index (χ1) is 7.66. The second-order valence-corrected chi connectivity index (χ2v) is 3.04. The Morgan fingerprint density at radius 3 is 2.56 bits per heavy atom. The van der Waals surface area contributed by atoms with E-state index in [0.29, 0.717) is 11.3 Å². The lowest BCUT2D eigenvalue weighted by Crippen LogP contribution is -2.06. The maximum absolute atomic E-state index is 12.1. The summed E-state index contributed by atoms with van der Waals surface area (Å²) in [6.45, 7) is -2.90. The third-order valence-electron chi connectivity index (χ3n) is 1.99. The van der Waals surface area contributed by atoms with Crippen LogP contribution in [0.1, 0.15) is 5.56 Å². The summed E-state index contributed by atoms with van der Waals surface area (Å²) in [4.78, 5) is 14.6. The van der Waals surface area contributed by atoms with E-state index in [2.05, 4.69) is 9.73 Å². The van der Waals surface area contributed by atoms with Crippen LogP contribution in [0.4, 0.5) is 8.78 Å². The van der Waals surface area contributed by atoms with Gasteiger partial charge >= 0.3 is 6.61 Å². The zero-order valence-corrected chi connectivity index (χ0v) is 8.06. The molecule has 0 bridgehead atoms. The number of rotatable bonds is 3. The molecule has 0 unspecified atom stereocenters. The van der Waals surface area contributed by atoms with Crippen LogP contribution in [0.15, 0.2) is 41.4 Å². The van der Waals surface area contributed by atoms with Gasteiger partial charge in [-0.2, -0.15) is 8.78 Å². The zero-order valence-electron chi connectivity index (χ0n) is 8.06.